The van der Waals surface area contributed by atoms with E-state index in [1.165, 1.54) is 38.8 Å². The highest BCUT2D eigenvalue weighted by Gasteiger charge is 2.60. The Balaban J connectivity index is 1.56. The molecule has 4 unspecified atom stereocenters. The molecule has 0 aromatic heterocycles. The quantitative estimate of drug-likeness (QED) is 0.724. The number of likely N-dealkylation sites (tertiary alicyclic amines) is 2. The number of nitrogens with zero attached hydrogens (tertiary/aromatic N) is 2. The van der Waals surface area contributed by atoms with Gasteiger partial charge in [-0.05, 0) is 76.3 Å². The average molecular weight is 307 g/mol. The Morgan fingerprint density at radius 3 is 2.36 bits per heavy atom. The minimum atomic E-state index is 0.728. The fourth-order valence-electron chi connectivity index (χ4n) is 5.93. The van der Waals surface area contributed by atoms with Crippen LogP contribution >= 0.6 is 0 Å². The Morgan fingerprint density at radius 2 is 1.77 bits per heavy atom. The van der Waals surface area contributed by atoms with Crippen LogP contribution in [-0.4, -0.2) is 47.1 Å². The lowest BCUT2D eigenvalue weighted by atomic mass is 9.90. The minimum absolute atomic E-state index is 0.728. The molecule has 0 aromatic rings. The van der Waals surface area contributed by atoms with E-state index in [1.54, 1.807) is 0 Å². The molecule has 2 saturated heterocycles. The van der Waals surface area contributed by atoms with Gasteiger partial charge in [0.05, 0.1) is 0 Å². The second-order valence-corrected chi connectivity index (χ2v) is 8.95. The minimum Gasteiger partial charge on any atom is -0.298 e. The zero-order chi connectivity index (χ0) is 16.0. The molecule has 22 heavy (non-hydrogen) atoms. The molecular weight excluding hydrogens is 268 g/mol. The number of piperidine rings is 1. The summed E-state index contributed by atoms with van der Waals surface area (Å²) < 4.78 is 0. The second-order valence-electron chi connectivity index (χ2n) is 8.95. The maximum absolute atomic E-state index is 2.85. The van der Waals surface area contributed by atoms with E-state index in [1.807, 2.05) is 0 Å². The molecule has 3 rings (SSSR count). The van der Waals surface area contributed by atoms with E-state index in [-0.39, 0.29) is 0 Å². The van der Waals surface area contributed by atoms with E-state index in [4.69, 9.17) is 0 Å². The van der Waals surface area contributed by atoms with Crippen molar-refractivity contribution in [1.82, 2.24) is 9.80 Å². The first-order valence-electron chi connectivity index (χ1n) is 9.97. The van der Waals surface area contributed by atoms with Gasteiger partial charge < -0.3 is 0 Å². The Labute approximate surface area is 138 Å². The third-order valence-electron chi connectivity index (χ3n) is 7.05. The van der Waals surface area contributed by atoms with Gasteiger partial charge in [0.1, 0.15) is 0 Å². The van der Waals surface area contributed by atoms with E-state index >= 15 is 0 Å². The van der Waals surface area contributed by atoms with E-state index in [9.17, 15) is 0 Å². The maximum Gasteiger partial charge on any atom is 0.0162 e. The number of rotatable bonds is 6. The molecule has 3 fully saturated rings. The van der Waals surface area contributed by atoms with E-state index < -0.39 is 0 Å². The highest BCUT2D eigenvalue weighted by molar-refractivity contribution is 5.13. The zero-order valence-corrected chi connectivity index (χ0v) is 15.8. The van der Waals surface area contributed by atoms with Gasteiger partial charge in [-0.1, -0.05) is 27.7 Å². The van der Waals surface area contributed by atoms with Crippen LogP contribution in [0.5, 0.6) is 0 Å². The molecule has 2 aliphatic heterocycles. The fourth-order valence-corrected chi connectivity index (χ4v) is 5.93. The fraction of sp³-hybridized carbons (Fsp3) is 1.00. The van der Waals surface area contributed by atoms with Gasteiger partial charge in [0.25, 0.3) is 0 Å². The number of hydrogen-bond acceptors (Lipinski definition) is 2. The smallest absolute Gasteiger partial charge is 0.0162 e. The Bertz CT molecular complexity index is 378. The van der Waals surface area contributed by atoms with Crippen LogP contribution in [0.25, 0.3) is 0 Å². The standard InChI is InChI=1S/C20H38N2/c1-7-21-19(13(2)3)12-17-16(20(17)21)11-15(6)18-9-8-10-22(18)14(4)5/h13-20H,7-12H2,1-6H3/t15?,16?,17?,18-,19-,20?/m0/s1. The Morgan fingerprint density at radius 1 is 1.05 bits per heavy atom. The molecule has 0 aromatic carbocycles. The van der Waals surface area contributed by atoms with Crippen LogP contribution in [-0.2, 0) is 0 Å². The molecule has 1 saturated carbocycles. The van der Waals surface area contributed by atoms with Crippen molar-refractivity contribution >= 4 is 0 Å². The van der Waals surface area contributed by atoms with Crippen molar-refractivity contribution in [3.05, 3.63) is 0 Å². The summed E-state index contributed by atoms with van der Waals surface area (Å²) in [7, 11) is 0. The molecule has 0 amide bonds. The van der Waals surface area contributed by atoms with Gasteiger partial charge in [0.2, 0.25) is 0 Å². The van der Waals surface area contributed by atoms with Crippen molar-refractivity contribution in [2.24, 2.45) is 23.7 Å². The van der Waals surface area contributed by atoms with Gasteiger partial charge in [-0.15, -0.1) is 0 Å². The molecule has 2 heterocycles. The highest BCUT2D eigenvalue weighted by atomic mass is 15.3. The molecule has 0 bridgehead atoms. The summed E-state index contributed by atoms with van der Waals surface area (Å²) in [5.74, 6) is 3.76. The van der Waals surface area contributed by atoms with E-state index in [0.29, 0.717) is 0 Å². The van der Waals surface area contributed by atoms with Gasteiger partial charge in [-0.3, -0.25) is 9.80 Å². The van der Waals surface area contributed by atoms with Crippen molar-refractivity contribution in [3.63, 3.8) is 0 Å². The van der Waals surface area contributed by atoms with Crippen molar-refractivity contribution in [2.45, 2.75) is 91.4 Å². The van der Waals surface area contributed by atoms with Crippen LogP contribution in [0.4, 0.5) is 0 Å². The van der Waals surface area contributed by atoms with Crippen molar-refractivity contribution in [1.29, 1.82) is 0 Å². The van der Waals surface area contributed by atoms with Crippen LogP contribution < -0.4 is 0 Å². The van der Waals surface area contributed by atoms with E-state index in [2.05, 4.69) is 51.3 Å². The van der Waals surface area contributed by atoms with Crippen LogP contribution in [0.15, 0.2) is 0 Å². The number of hydrogen-bond donors (Lipinski definition) is 0. The molecule has 128 valence electrons. The topological polar surface area (TPSA) is 6.48 Å². The lowest BCUT2D eigenvalue weighted by Gasteiger charge is -2.34. The lowest BCUT2D eigenvalue weighted by Crippen LogP contribution is -2.40. The molecule has 2 heteroatoms. The van der Waals surface area contributed by atoms with Crippen LogP contribution in [0.1, 0.15) is 67.2 Å². The first-order chi connectivity index (χ1) is 10.5. The second kappa shape index (κ2) is 6.43. The highest BCUT2D eigenvalue weighted by Crippen LogP contribution is 2.57. The van der Waals surface area contributed by atoms with Gasteiger partial charge in [-0.25, -0.2) is 0 Å². The summed E-state index contributed by atoms with van der Waals surface area (Å²) in [4.78, 5) is 5.62. The van der Waals surface area contributed by atoms with Gasteiger partial charge >= 0.3 is 0 Å². The first-order valence-corrected chi connectivity index (χ1v) is 9.97. The van der Waals surface area contributed by atoms with Crippen LogP contribution in [0.2, 0.25) is 0 Å². The van der Waals surface area contributed by atoms with Gasteiger partial charge in [0, 0.05) is 24.2 Å². The third kappa shape index (κ3) is 2.86. The number of fused-ring (bicyclic) bond motifs is 1. The first kappa shape index (κ1) is 16.8. The normalized spacial score (nSPS) is 40.6. The molecule has 3 aliphatic rings. The largest absolute Gasteiger partial charge is 0.298 e. The molecule has 2 nitrogen and oxygen atoms in total. The summed E-state index contributed by atoms with van der Waals surface area (Å²) in [5, 5.41) is 0. The summed E-state index contributed by atoms with van der Waals surface area (Å²) >= 11 is 0. The van der Waals surface area contributed by atoms with Crippen LogP contribution in [0.3, 0.4) is 0 Å². The molecule has 0 radical (unpaired) electrons. The summed E-state index contributed by atoms with van der Waals surface area (Å²) in [6, 6.07) is 3.39. The summed E-state index contributed by atoms with van der Waals surface area (Å²) in [6.45, 7) is 17.1. The average Bonchev–Trinajstić information content (AvgIpc) is 2.88. The maximum atomic E-state index is 2.85. The predicted molar refractivity (Wildman–Crippen MR) is 95.0 cm³/mol. The van der Waals surface area contributed by atoms with Gasteiger partial charge in [-0.2, -0.15) is 0 Å². The third-order valence-corrected chi connectivity index (χ3v) is 7.05. The molecule has 0 N–H and O–H groups in total. The Hall–Kier alpha value is -0.0800. The SMILES string of the molecule is CCN1C2C(CC(C)[C@@H]3CCCN3C(C)C)C2C[C@H]1C(C)C. The Kier molecular flexibility index (Phi) is 4.90. The molecule has 1 aliphatic carbocycles. The lowest BCUT2D eigenvalue weighted by molar-refractivity contribution is 0.132. The zero-order valence-electron chi connectivity index (χ0n) is 15.8. The molecule has 6 atom stereocenters. The monoisotopic (exact) mass is 306 g/mol. The molecule has 0 spiro atoms. The van der Waals surface area contributed by atoms with Gasteiger partial charge in [0.15, 0.2) is 0 Å². The van der Waals surface area contributed by atoms with Crippen LogP contribution in [0, 0.1) is 23.7 Å². The van der Waals surface area contributed by atoms with Crippen molar-refractivity contribution in [2.75, 3.05) is 13.1 Å². The van der Waals surface area contributed by atoms with Crippen molar-refractivity contribution in [3.8, 4) is 0 Å². The van der Waals surface area contributed by atoms with E-state index in [0.717, 1.165) is 47.8 Å². The summed E-state index contributed by atoms with van der Waals surface area (Å²) in [6.07, 6.45) is 5.81. The summed E-state index contributed by atoms with van der Waals surface area (Å²) in [5.41, 5.74) is 0. The van der Waals surface area contributed by atoms with Crippen molar-refractivity contribution < 1.29 is 0 Å². The molecular formula is C20H38N2. The predicted octanol–water partition coefficient (Wildman–Crippen LogP) is 4.25.